The van der Waals surface area contributed by atoms with Crippen LogP contribution in [0.5, 0.6) is 0 Å². The molecule has 278 valence electrons. The largest absolute Gasteiger partial charge is 0.481 e. The number of aliphatic hydroxyl groups is 2. The van der Waals surface area contributed by atoms with Crippen molar-refractivity contribution in [2.24, 2.45) is 29.6 Å². The molecule has 0 rings (SSSR count). The SMILES string of the molecule is CC(C)CC(=O)NC(C(=O)NC(C(=O)NC(CC(C)C)[C@@H](O)CC(=O)N[C@@H](C)C(=O)NC(CC(C)C)[C@@H](O)CC(=O)O)C(C)C)C(C)C. The molecular weight excluding hydrogens is 622 g/mol. The Labute approximate surface area is 286 Å². The van der Waals surface area contributed by atoms with Gasteiger partial charge in [0.1, 0.15) is 18.1 Å². The summed E-state index contributed by atoms with van der Waals surface area (Å²) in [4.78, 5) is 75.9. The van der Waals surface area contributed by atoms with E-state index in [-0.39, 0.29) is 41.9 Å². The first-order valence-electron chi connectivity index (χ1n) is 17.1. The summed E-state index contributed by atoms with van der Waals surface area (Å²) in [5.41, 5.74) is 0. The van der Waals surface area contributed by atoms with Gasteiger partial charge in [0, 0.05) is 6.42 Å². The lowest BCUT2D eigenvalue weighted by Crippen LogP contribution is -2.59. The van der Waals surface area contributed by atoms with Crippen molar-refractivity contribution in [3.05, 3.63) is 0 Å². The number of amides is 5. The number of carboxylic acid groups (broad SMARTS) is 1. The number of aliphatic carboxylic acids is 1. The maximum absolute atomic E-state index is 13.5. The minimum absolute atomic E-state index is 0.0152. The molecule has 0 aliphatic carbocycles. The van der Waals surface area contributed by atoms with E-state index in [9.17, 15) is 39.0 Å². The fourth-order valence-corrected chi connectivity index (χ4v) is 5.16. The molecule has 0 aliphatic rings. The molecule has 14 heteroatoms. The monoisotopic (exact) mass is 685 g/mol. The Kier molecular flexibility index (Phi) is 20.2. The van der Waals surface area contributed by atoms with Crippen LogP contribution in [0.1, 0.15) is 108 Å². The number of carboxylic acids is 1. The fraction of sp³-hybridized carbons (Fsp3) is 0.824. The van der Waals surface area contributed by atoms with Gasteiger partial charge in [-0.05, 0) is 49.4 Å². The van der Waals surface area contributed by atoms with Crippen LogP contribution in [0.2, 0.25) is 0 Å². The third kappa shape index (κ3) is 17.8. The van der Waals surface area contributed by atoms with Gasteiger partial charge in [0.2, 0.25) is 29.5 Å². The van der Waals surface area contributed by atoms with Crippen molar-refractivity contribution in [1.82, 2.24) is 26.6 Å². The Hall–Kier alpha value is -3.26. The molecule has 0 aromatic rings. The molecule has 0 saturated heterocycles. The number of nitrogens with one attached hydrogen (secondary N) is 5. The second-order valence-corrected chi connectivity index (χ2v) is 14.8. The third-order valence-corrected chi connectivity index (χ3v) is 7.69. The summed E-state index contributed by atoms with van der Waals surface area (Å²) in [5.74, 6) is -4.25. The zero-order valence-electron chi connectivity index (χ0n) is 30.8. The van der Waals surface area contributed by atoms with Gasteiger partial charge in [-0.2, -0.15) is 0 Å². The molecule has 4 unspecified atom stereocenters. The standard InChI is InChI=1S/C34H63N5O9/c1-17(2)12-23(37-33(47)31(21(9)10)39-34(48)30(20(7)8)38-27(42)14-19(5)6)25(40)15-28(43)35-22(11)32(46)36-24(13-18(3)4)26(41)16-29(44)45/h17-26,30-31,40-41H,12-16H2,1-11H3,(H,35,43)(H,36,46)(H,37,47)(H,38,42)(H,39,48)(H,44,45)/t22-,23?,24?,25-,26-,30?,31?/m0/s1. The van der Waals surface area contributed by atoms with Crippen LogP contribution in [0.25, 0.3) is 0 Å². The second-order valence-electron chi connectivity index (χ2n) is 14.8. The van der Waals surface area contributed by atoms with E-state index in [2.05, 4.69) is 26.6 Å². The summed E-state index contributed by atoms with van der Waals surface area (Å²) in [6.45, 7) is 19.8. The molecule has 0 bridgehead atoms. The van der Waals surface area contributed by atoms with E-state index in [1.54, 1.807) is 27.7 Å². The van der Waals surface area contributed by atoms with Crippen molar-refractivity contribution < 1.29 is 44.1 Å². The van der Waals surface area contributed by atoms with Crippen LogP contribution >= 0.6 is 0 Å². The van der Waals surface area contributed by atoms with E-state index >= 15 is 0 Å². The first-order chi connectivity index (χ1) is 22.0. The summed E-state index contributed by atoms with van der Waals surface area (Å²) in [5, 5.41) is 43.9. The minimum Gasteiger partial charge on any atom is -0.481 e. The van der Waals surface area contributed by atoms with E-state index < -0.39 is 84.9 Å². The Morgan fingerprint density at radius 3 is 1.29 bits per heavy atom. The maximum Gasteiger partial charge on any atom is 0.306 e. The van der Waals surface area contributed by atoms with Crippen LogP contribution in [-0.4, -0.2) is 93.2 Å². The first-order valence-corrected chi connectivity index (χ1v) is 17.1. The van der Waals surface area contributed by atoms with Gasteiger partial charge in [-0.25, -0.2) is 0 Å². The predicted octanol–water partition coefficient (Wildman–Crippen LogP) is 1.47. The molecular formula is C34H63N5O9. The highest BCUT2D eigenvalue weighted by Gasteiger charge is 2.34. The highest BCUT2D eigenvalue weighted by atomic mass is 16.4. The zero-order chi connectivity index (χ0) is 37.5. The molecule has 0 fully saturated rings. The van der Waals surface area contributed by atoms with Crippen molar-refractivity contribution in [3.8, 4) is 0 Å². The molecule has 0 aromatic heterocycles. The fourth-order valence-electron chi connectivity index (χ4n) is 5.16. The number of hydrogen-bond donors (Lipinski definition) is 8. The highest BCUT2D eigenvalue weighted by Crippen LogP contribution is 2.15. The molecule has 0 saturated carbocycles. The third-order valence-electron chi connectivity index (χ3n) is 7.69. The predicted molar refractivity (Wildman–Crippen MR) is 182 cm³/mol. The molecule has 5 amide bonds. The number of rotatable bonds is 22. The van der Waals surface area contributed by atoms with Gasteiger partial charge in [-0.1, -0.05) is 69.2 Å². The van der Waals surface area contributed by atoms with E-state index in [0.29, 0.717) is 12.8 Å². The quantitative estimate of drug-likeness (QED) is 0.0825. The first kappa shape index (κ1) is 44.7. The molecule has 0 radical (unpaired) electrons. The van der Waals surface area contributed by atoms with Crippen LogP contribution in [0.4, 0.5) is 0 Å². The smallest absolute Gasteiger partial charge is 0.306 e. The lowest BCUT2D eigenvalue weighted by atomic mass is 9.95. The number of aliphatic hydroxyl groups excluding tert-OH is 2. The van der Waals surface area contributed by atoms with Gasteiger partial charge in [0.25, 0.3) is 0 Å². The van der Waals surface area contributed by atoms with Crippen LogP contribution in [-0.2, 0) is 28.8 Å². The van der Waals surface area contributed by atoms with Gasteiger partial charge in [-0.15, -0.1) is 0 Å². The van der Waals surface area contributed by atoms with Crippen LogP contribution in [0, 0.1) is 29.6 Å². The summed E-state index contributed by atoms with van der Waals surface area (Å²) in [6.07, 6.45) is -2.76. The molecule has 0 spiro atoms. The average Bonchev–Trinajstić information content (AvgIpc) is 2.91. The second kappa shape index (κ2) is 21.7. The summed E-state index contributed by atoms with van der Waals surface area (Å²) in [6, 6.07) is -4.61. The van der Waals surface area contributed by atoms with Gasteiger partial charge in [0.15, 0.2) is 0 Å². The summed E-state index contributed by atoms with van der Waals surface area (Å²) >= 11 is 0. The molecule has 8 N–H and O–H groups in total. The van der Waals surface area contributed by atoms with Crippen molar-refractivity contribution >= 4 is 35.5 Å². The van der Waals surface area contributed by atoms with Crippen molar-refractivity contribution in [3.63, 3.8) is 0 Å². The lowest BCUT2D eigenvalue weighted by Gasteiger charge is -2.31. The highest BCUT2D eigenvalue weighted by molar-refractivity contribution is 5.92. The maximum atomic E-state index is 13.5. The molecule has 0 aromatic carbocycles. The van der Waals surface area contributed by atoms with Crippen molar-refractivity contribution in [2.45, 2.75) is 151 Å². The van der Waals surface area contributed by atoms with E-state index in [0.717, 1.165) is 0 Å². The Bertz CT molecular complexity index is 1060. The van der Waals surface area contributed by atoms with Gasteiger partial charge in [-0.3, -0.25) is 28.8 Å². The molecule has 0 aliphatic heterocycles. The van der Waals surface area contributed by atoms with E-state index in [4.69, 9.17) is 5.11 Å². The van der Waals surface area contributed by atoms with Crippen molar-refractivity contribution in [2.75, 3.05) is 0 Å². The Balaban J connectivity index is 5.60. The normalized spacial score (nSPS) is 16.1. The van der Waals surface area contributed by atoms with Crippen LogP contribution < -0.4 is 26.6 Å². The summed E-state index contributed by atoms with van der Waals surface area (Å²) in [7, 11) is 0. The Morgan fingerprint density at radius 1 is 0.479 bits per heavy atom. The van der Waals surface area contributed by atoms with Crippen molar-refractivity contribution in [1.29, 1.82) is 0 Å². The van der Waals surface area contributed by atoms with Gasteiger partial charge < -0.3 is 41.9 Å². The number of hydrogen-bond acceptors (Lipinski definition) is 8. The van der Waals surface area contributed by atoms with Crippen LogP contribution in [0.15, 0.2) is 0 Å². The molecule has 48 heavy (non-hydrogen) atoms. The summed E-state index contributed by atoms with van der Waals surface area (Å²) < 4.78 is 0. The van der Waals surface area contributed by atoms with Crippen LogP contribution in [0.3, 0.4) is 0 Å². The molecule has 0 heterocycles. The van der Waals surface area contributed by atoms with Gasteiger partial charge in [0.05, 0.1) is 37.1 Å². The van der Waals surface area contributed by atoms with E-state index in [1.165, 1.54) is 6.92 Å². The topological polar surface area (TPSA) is 223 Å². The average molecular weight is 686 g/mol. The van der Waals surface area contributed by atoms with E-state index in [1.807, 2.05) is 41.5 Å². The number of carbonyl (C=O) groups excluding carboxylic acids is 5. The Morgan fingerprint density at radius 2 is 0.875 bits per heavy atom. The zero-order valence-corrected chi connectivity index (χ0v) is 30.8. The lowest BCUT2D eigenvalue weighted by molar-refractivity contribution is -0.140. The molecule has 7 atom stereocenters. The number of carbonyl (C=O) groups is 6. The minimum atomic E-state index is -1.33. The molecule has 14 nitrogen and oxygen atoms in total. The van der Waals surface area contributed by atoms with Gasteiger partial charge >= 0.3 is 5.97 Å².